The maximum absolute atomic E-state index is 11.3. The molecule has 0 N–H and O–H groups in total. The van der Waals surface area contributed by atoms with Crippen LogP contribution < -0.4 is 9.47 Å². The largest absolute Gasteiger partial charge is 0.493 e. The molecular weight excluding hydrogens is 298 g/mol. The fourth-order valence-electron chi connectivity index (χ4n) is 1.42. The van der Waals surface area contributed by atoms with Crippen molar-refractivity contribution >= 4 is 29.6 Å². The van der Waals surface area contributed by atoms with Crippen LogP contribution in [-0.4, -0.2) is 32.0 Å². The van der Waals surface area contributed by atoms with E-state index in [2.05, 4.69) is 4.74 Å². The lowest BCUT2D eigenvalue weighted by atomic mass is 10.1. The molecule has 0 aliphatic carbocycles. The monoisotopic (exact) mass is 309 g/mol. The van der Waals surface area contributed by atoms with E-state index in [0.717, 1.165) is 0 Å². The molecule has 0 bridgehead atoms. The number of hydrogen-bond donors (Lipinski definition) is 0. The fraction of sp³-hybridized carbons (Fsp3) is 0.214. The summed E-state index contributed by atoms with van der Waals surface area (Å²) in [5.74, 6) is -1.19. The van der Waals surface area contributed by atoms with E-state index >= 15 is 0 Å². The van der Waals surface area contributed by atoms with E-state index in [9.17, 15) is 9.59 Å². The summed E-state index contributed by atoms with van der Waals surface area (Å²) in [6.45, 7) is 0. The minimum atomic E-state index is -0.742. The number of methoxy groups -OCH3 is 2. The van der Waals surface area contributed by atoms with Crippen LogP contribution >= 0.6 is 11.6 Å². The molecule has 0 aliphatic rings. The lowest BCUT2D eigenvalue weighted by Crippen LogP contribution is -2.09. The molecule has 0 atom stereocenters. The van der Waals surface area contributed by atoms with E-state index in [-0.39, 0.29) is 23.0 Å². The van der Waals surface area contributed by atoms with E-state index in [0.29, 0.717) is 5.56 Å². The zero-order chi connectivity index (χ0) is 15.8. The van der Waals surface area contributed by atoms with Gasteiger partial charge in [0.2, 0.25) is 0 Å². The Balaban J connectivity index is 3.13. The van der Waals surface area contributed by atoms with Gasteiger partial charge in [0, 0.05) is 0 Å². The zero-order valence-corrected chi connectivity index (χ0v) is 12.1. The molecule has 1 aromatic rings. The quantitative estimate of drug-likeness (QED) is 0.271. The van der Waals surface area contributed by atoms with E-state index in [1.54, 1.807) is 12.1 Å². The Labute approximate surface area is 126 Å². The highest BCUT2D eigenvalue weighted by atomic mass is 35.5. The highest BCUT2D eigenvalue weighted by molar-refractivity contribution is 6.26. The van der Waals surface area contributed by atoms with E-state index in [1.165, 1.54) is 32.4 Å². The molecule has 0 saturated heterocycles. The third kappa shape index (κ3) is 4.51. The SMILES string of the molecule is COC(=O)/C(C#N)=C/c1ccc(OC(=O)CCl)c(OC)c1. The maximum Gasteiger partial charge on any atom is 0.348 e. The van der Waals surface area contributed by atoms with Gasteiger partial charge in [0.25, 0.3) is 0 Å². The van der Waals surface area contributed by atoms with E-state index in [1.807, 2.05) is 0 Å². The van der Waals surface area contributed by atoms with Gasteiger partial charge in [-0.2, -0.15) is 5.26 Å². The molecule has 0 unspecified atom stereocenters. The Bertz CT molecular complexity index is 618. The van der Waals surface area contributed by atoms with E-state index < -0.39 is 11.9 Å². The number of alkyl halides is 1. The minimum absolute atomic E-state index is 0.162. The first-order chi connectivity index (χ1) is 10.0. The van der Waals surface area contributed by atoms with Crippen LogP contribution in [-0.2, 0) is 14.3 Å². The number of carbonyl (C=O) groups excluding carboxylic acids is 2. The molecular formula is C14H12ClNO5. The van der Waals surface area contributed by atoms with Crippen molar-refractivity contribution < 1.29 is 23.8 Å². The first kappa shape index (κ1) is 16.5. The van der Waals surface area contributed by atoms with Crippen molar-refractivity contribution in [2.45, 2.75) is 0 Å². The molecule has 0 aliphatic heterocycles. The molecule has 1 rings (SSSR count). The third-order valence-electron chi connectivity index (χ3n) is 2.36. The van der Waals surface area contributed by atoms with Crippen LogP contribution in [0.25, 0.3) is 6.08 Å². The lowest BCUT2D eigenvalue weighted by molar-refractivity contribution is -0.135. The summed E-state index contributed by atoms with van der Waals surface area (Å²) < 4.78 is 14.5. The molecule has 6 nitrogen and oxygen atoms in total. The molecule has 7 heteroatoms. The number of ether oxygens (including phenoxy) is 3. The molecule has 0 spiro atoms. The molecule has 0 aromatic heterocycles. The van der Waals surface area contributed by atoms with Gasteiger partial charge in [-0.25, -0.2) is 4.79 Å². The number of rotatable bonds is 5. The van der Waals surface area contributed by atoms with Crippen LogP contribution in [0.1, 0.15) is 5.56 Å². The molecule has 21 heavy (non-hydrogen) atoms. The summed E-state index contributed by atoms with van der Waals surface area (Å²) in [7, 11) is 2.58. The van der Waals surface area contributed by atoms with E-state index in [4.69, 9.17) is 26.3 Å². The van der Waals surface area contributed by atoms with Crippen LogP contribution in [0.15, 0.2) is 23.8 Å². The summed E-state index contributed by atoms with van der Waals surface area (Å²) >= 11 is 5.35. The minimum Gasteiger partial charge on any atom is -0.493 e. The van der Waals surface area contributed by atoms with Gasteiger partial charge in [-0.05, 0) is 23.8 Å². The average Bonchev–Trinajstić information content (AvgIpc) is 2.52. The normalized spacial score (nSPS) is 10.5. The van der Waals surface area contributed by atoms with Crippen molar-refractivity contribution in [2.75, 3.05) is 20.1 Å². The lowest BCUT2D eigenvalue weighted by Gasteiger charge is -2.09. The number of esters is 2. The Morgan fingerprint density at radius 2 is 2.05 bits per heavy atom. The van der Waals surface area contributed by atoms with Gasteiger partial charge < -0.3 is 14.2 Å². The van der Waals surface area contributed by atoms with Crippen molar-refractivity contribution in [3.63, 3.8) is 0 Å². The second-order valence-electron chi connectivity index (χ2n) is 3.68. The number of halogens is 1. The van der Waals surface area contributed by atoms with Gasteiger partial charge >= 0.3 is 11.9 Å². The molecule has 0 heterocycles. The summed E-state index contributed by atoms with van der Waals surface area (Å²) in [5, 5.41) is 8.89. The summed E-state index contributed by atoms with van der Waals surface area (Å²) in [6, 6.07) is 6.28. The van der Waals surface area contributed by atoms with Crippen molar-refractivity contribution in [3.05, 3.63) is 29.3 Å². The maximum atomic E-state index is 11.3. The van der Waals surface area contributed by atoms with Gasteiger partial charge in [-0.1, -0.05) is 6.07 Å². The van der Waals surface area contributed by atoms with Gasteiger partial charge in [-0.15, -0.1) is 11.6 Å². The summed E-state index contributed by atoms with van der Waals surface area (Å²) in [6.07, 6.45) is 1.33. The van der Waals surface area contributed by atoms with Gasteiger partial charge in [0.05, 0.1) is 14.2 Å². The number of benzene rings is 1. The molecule has 0 fully saturated rings. The Kier molecular flexibility index (Phi) is 6.24. The predicted octanol–water partition coefficient (Wildman–Crippen LogP) is 1.92. The third-order valence-corrected chi connectivity index (χ3v) is 2.58. The highest BCUT2D eigenvalue weighted by Crippen LogP contribution is 2.29. The number of nitrogens with zero attached hydrogens (tertiary/aromatic N) is 1. The standard InChI is InChI=1S/C14H12ClNO5/c1-19-12-6-9(5-10(8-16)14(18)20-2)3-4-11(12)21-13(17)7-15/h3-6H,7H2,1-2H3/b10-5+. The Morgan fingerprint density at radius 3 is 2.57 bits per heavy atom. The molecule has 0 amide bonds. The summed E-state index contributed by atoms with van der Waals surface area (Å²) in [5.41, 5.74) is 0.351. The molecule has 1 aromatic carbocycles. The number of carbonyl (C=O) groups is 2. The Hall–Kier alpha value is -2.52. The zero-order valence-electron chi connectivity index (χ0n) is 11.4. The van der Waals surface area contributed by atoms with Crippen molar-refractivity contribution in [1.82, 2.24) is 0 Å². The second kappa shape index (κ2) is 7.92. The van der Waals surface area contributed by atoms with Crippen molar-refractivity contribution in [1.29, 1.82) is 5.26 Å². The first-order valence-electron chi connectivity index (χ1n) is 5.70. The second-order valence-corrected chi connectivity index (χ2v) is 3.95. The van der Waals surface area contributed by atoms with Gasteiger partial charge in [0.1, 0.15) is 17.5 Å². The highest BCUT2D eigenvalue weighted by Gasteiger charge is 2.12. The number of hydrogen-bond acceptors (Lipinski definition) is 6. The summed E-state index contributed by atoms with van der Waals surface area (Å²) in [4.78, 5) is 22.5. The van der Waals surface area contributed by atoms with Crippen molar-refractivity contribution in [3.8, 4) is 17.6 Å². The Morgan fingerprint density at radius 1 is 1.33 bits per heavy atom. The molecule has 0 saturated carbocycles. The van der Waals surface area contributed by atoms with Crippen LogP contribution in [0.4, 0.5) is 0 Å². The van der Waals surface area contributed by atoms with Crippen LogP contribution in [0, 0.1) is 11.3 Å². The average molecular weight is 310 g/mol. The first-order valence-corrected chi connectivity index (χ1v) is 6.24. The van der Waals surface area contributed by atoms with Crippen LogP contribution in [0.2, 0.25) is 0 Å². The number of nitriles is 1. The molecule has 110 valence electrons. The fourth-order valence-corrected chi connectivity index (χ4v) is 1.48. The van der Waals surface area contributed by atoms with Crippen molar-refractivity contribution in [2.24, 2.45) is 0 Å². The van der Waals surface area contributed by atoms with Gasteiger partial charge in [0.15, 0.2) is 11.5 Å². The van der Waals surface area contributed by atoms with Gasteiger partial charge in [-0.3, -0.25) is 4.79 Å². The smallest absolute Gasteiger partial charge is 0.348 e. The predicted molar refractivity (Wildman–Crippen MR) is 75.0 cm³/mol. The molecule has 0 radical (unpaired) electrons. The topological polar surface area (TPSA) is 85.6 Å². The van der Waals surface area contributed by atoms with Crippen LogP contribution in [0.3, 0.4) is 0 Å². The van der Waals surface area contributed by atoms with Crippen LogP contribution in [0.5, 0.6) is 11.5 Å².